The molecule has 108 valence electrons. The van der Waals surface area contributed by atoms with Crippen LogP contribution in [0.15, 0.2) is 18.2 Å². The standard InChI is InChI=1S/C16H27FN2/c1-12(2)19(13(3)4)9-8-18-11-15-7-6-14(5)16(17)10-15/h6-7,10,12-13,18H,8-9,11H2,1-5H3. The number of nitrogens with one attached hydrogen (secondary N) is 1. The maximum Gasteiger partial charge on any atom is 0.126 e. The van der Waals surface area contributed by atoms with Crippen molar-refractivity contribution in [1.82, 2.24) is 10.2 Å². The maximum atomic E-state index is 13.4. The van der Waals surface area contributed by atoms with E-state index in [2.05, 4.69) is 37.9 Å². The molecule has 0 amide bonds. The molecule has 0 spiro atoms. The fourth-order valence-electron chi connectivity index (χ4n) is 2.30. The summed E-state index contributed by atoms with van der Waals surface area (Å²) in [6.07, 6.45) is 0. The zero-order chi connectivity index (χ0) is 14.4. The maximum absolute atomic E-state index is 13.4. The molecule has 0 bridgehead atoms. The highest BCUT2D eigenvalue weighted by Crippen LogP contribution is 2.09. The molecule has 0 radical (unpaired) electrons. The summed E-state index contributed by atoms with van der Waals surface area (Å²) in [5, 5.41) is 3.38. The fraction of sp³-hybridized carbons (Fsp3) is 0.625. The first-order chi connectivity index (χ1) is 8.91. The number of rotatable bonds is 7. The first-order valence-electron chi connectivity index (χ1n) is 7.13. The Morgan fingerprint density at radius 1 is 1.16 bits per heavy atom. The molecule has 1 aromatic rings. The lowest BCUT2D eigenvalue weighted by Crippen LogP contribution is -2.41. The van der Waals surface area contributed by atoms with Gasteiger partial charge in [-0.3, -0.25) is 4.90 Å². The summed E-state index contributed by atoms with van der Waals surface area (Å²) in [5.41, 5.74) is 1.71. The van der Waals surface area contributed by atoms with Gasteiger partial charge in [0.1, 0.15) is 5.82 Å². The van der Waals surface area contributed by atoms with E-state index in [1.807, 2.05) is 12.1 Å². The normalized spacial score (nSPS) is 11.8. The second-order valence-electron chi connectivity index (χ2n) is 5.69. The van der Waals surface area contributed by atoms with Crippen LogP contribution in [0.3, 0.4) is 0 Å². The van der Waals surface area contributed by atoms with Gasteiger partial charge >= 0.3 is 0 Å². The van der Waals surface area contributed by atoms with Crippen LogP contribution in [0.25, 0.3) is 0 Å². The monoisotopic (exact) mass is 266 g/mol. The van der Waals surface area contributed by atoms with Crippen LogP contribution in [0.2, 0.25) is 0 Å². The minimum Gasteiger partial charge on any atom is -0.311 e. The highest BCUT2D eigenvalue weighted by atomic mass is 19.1. The molecule has 0 heterocycles. The molecule has 0 aliphatic heterocycles. The molecule has 0 atom stereocenters. The summed E-state index contributed by atoms with van der Waals surface area (Å²) in [5.74, 6) is -0.120. The van der Waals surface area contributed by atoms with E-state index in [-0.39, 0.29) is 5.82 Å². The zero-order valence-electron chi connectivity index (χ0n) is 12.8. The molecule has 0 aliphatic carbocycles. The van der Waals surface area contributed by atoms with Gasteiger partial charge in [-0.2, -0.15) is 0 Å². The number of aryl methyl sites for hydroxylation is 1. The summed E-state index contributed by atoms with van der Waals surface area (Å²) in [4.78, 5) is 2.45. The van der Waals surface area contributed by atoms with E-state index in [1.54, 1.807) is 13.0 Å². The van der Waals surface area contributed by atoms with Crippen molar-refractivity contribution in [2.45, 2.75) is 53.2 Å². The van der Waals surface area contributed by atoms with Gasteiger partial charge in [-0.1, -0.05) is 12.1 Å². The van der Waals surface area contributed by atoms with Gasteiger partial charge in [-0.15, -0.1) is 0 Å². The van der Waals surface area contributed by atoms with E-state index < -0.39 is 0 Å². The van der Waals surface area contributed by atoms with Crippen LogP contribution in [0.4, 0.5) is 4.39 Å². The molecule has 19 heavy (non-hydrogen) atoms. The topological polar surface area (TPSA) is 15.3 Å². The Bertz CT molecular complexity index is 380. The lowest BCUT2D eigenvalue weighted by molar-refractivity contribution is 0.176. The third-order valence-electron chi connectivity index (χ3n) is 3.44. The fourth-order valence-corrected chi connectivity index (χ4v) is 2.30. The molecule has 0 saturated carbocycles. The van der Waals surface area contributed by atoms with E-state index in [9.17, 15) is 4.39 Å². The Morgan fingerprint density at radius 3 is 2.32 bits per heavy atom. The molecule has 0 aromatic heterocycles. The van der Waals surface area contributed by atoms with E-state index >= 15 is 0 Å². The van der Waals surface area contributed by atoms with Gasteiger partial charge in [-0.25, -0.2) is 4.39 Å². The Balaban J connectivity index is 2.36. The summed E-state index contributed by atoms with van der Waals surface area (Å²) in [6.45, 7) is 13.3. The predicted octanol–water partition coefficient (Wildman–Crippen LogP) is 3.34. The number of hydrogen-bond acceptors (Lipinski definition) is 2. The summed E-state index contributed by atoms with van der Waals surface area (Å²) < 4.78 is 13.4. The van der Waals surface area contributed by atoms with Crippen molar-refractivity contribution in [2.24, 2.45) is 0 Å². The van der Waals surface area contributed by atoms with Crippen LogP contribution >= 0.6 is 0 Å². The van der Waals surface area contributed by atoms with Crippen molar-refractivity contribution >= 4 is 0 Å². The van der Waals surface area contributed by atoms with Crippen molar-refractivity contribution in [2.75, 3.05) is 13.1 Å². The van der Waals surface area contributed by atoms with Crippen molar-refractivity contribution in [3.05, 3.63) is 35.1 Å². The van der Waals surface area contributed by atoms with E-state index in [1.165, 1.54) is 0 Å². The quantitative estimate of drug-likeness (QED) is 0.761. The number of nitrogens with zero attached hydrogens (tertiary/aromatic N) is 1. The molecule has 0 unspecified atom stereocenters. The Labute approximate surface area is 117 Å². The average molecular weight is 266 g/mol. The summed E-state index contributed by atoms with van der Waals surface area (Å²) in [7, 11) is 0. The third kappa shape index (κ3) is 5.29. The lowest BCUT2D eigenvalue weighted by Gasteiger charge is -2.30. The van der Waals surface area contributed by atoms with Gasteiger partial charge in [0.25, 0.3) is 0 Å². The SMILES string of the molecule is Cc1ccc(CNCCN(C(C)C)C(C)C)cc1F. The van der Waals surface area contributed by atoms with Crippen LogP contribution in [0.1, 0.15) is 38.8 Å². The van der Waals surface area contributed by atoms with Crippen LogP contribution in [0, 0.1) is 12.7 Å². The van der Waals surface area contributed by atoms with Crippen molar-refractivity contribution < 1.29 is 4.39 Å². The Hall–Kier alpha value is -0.930. The second-order valence-corrected chi connectivity index (χ2v) is 5.69. The smallest absolute Gasteiger partial charge is 0.126 e. The van der Waals surface area contributed by atoms with Gasteiger partial charge in [-0.05, 0) is 51.8 Å². The van der Waals surface area contributed by atoms with Gasteiger partial charge in [0.2, 0.25) is 0 Å². The minimum absolute atomic E-state index is 0.120. The van der Waals surface area contributed by atoms with Crippen LogP contribution in [0.5, 0.6) is 0 Å². The second kappa shape index (κ2) is 7.61. The molecule has 3 heteroatoms. The highest BCUT2D eigenvalue weighted by molar-refractivity contribution is 5.23. The molecular weight excluding hydrogens is 239 g/mol. The molecule has 1 aromatic carbocycles. The van der Waals surface area contributed by atoms with Gasteiger partial charge in [0.15, 0.2) is 0 Å². The molecule has 1 rings (SSSR count). The first kappa shape index (κ1) is 16.1. The Kier molecular flexibility index (Phi) is 6.46. The summed E-state index contributed by atoms with van der Waals surface area (Å²) in [6, 6.07) is 6.54. The van der Waals surface area contributed by atoms with E-state index in [4.69, 9.17) is 0 Å². The predicted molar refractivity (Wildman–Crippen MR) is 79.8 cm³/mol. The Morgan fingerprint density at radius 2 is 1.79 bits per heavy atom. The minimum atomic E-state index is -0.120. The summed E-state index contributed by atoms with van der Waals surface area (Å²) >= 11 is 0. The van der Waals surface area contributed by atoms with Gasteiger partial charge in [0, 0.05) is 31.7 Å². The molecule has 0 fully saturated rings. The number of halogens is 1. The first-order valence-corrected chi connectivity index (χ1v) is 7.13. The zero-order valence-corrected chi connectivity index (χ0v) is 12.8. The molecular formula is C16H27FN2. The number of hydrogen-bond donors (Lipinski definition) is 1. The highest BCUT2D eigenvalue weighted by Gasteiger charge is 2.12. The van der Waals surface area contributed by atoms with Crippen molar-refractivity contribution in [3.8, 4) is 0 Å². The van der Waals surface area contributed by atoms with Gasteiger partial charge < -0.3 is 5.32 Å². The van der Waals surface area contributed by atoms with Crippen LogP contribution < -0.4 is 5.32 Å². The molecule has 0 aliphatic rings. The molecule has 2 nitrogen and oxygen atoms in total. The van der Waals surface area contributed by atoms with Crippen molar-refractivity contribution in [3.63, 3.8) is 0 Å². The molecule has 1 N–H and O–H groups in total. The molecule has 0 saturated heterocycles. The third-order valence-corrected chi connectivity index (χ3v) is 3.44. The van der Waals surface area contributed by atoms with Gasteiger partial charge in [0.05, 0.1) is 0 Å². The van der Waals surface area contributed by atoms with Crippen LogP contribution in [-0.2, 0) is 6.54 Å². The van der Waals surface area contributed by atoms with Crippen LogP contribution in [-0.4, -0.2) is 30.1 Å². The lowest BCUT2D eigenvalue weighted by atomic mass is 10.1. The average Bonchev–Trinajstić information content (AvgIpc) is 2.32. The van der Waals surface area contributed by atoms with E-state index in [0.717, 1.165) is 25.2 Å². The van der Waals surface area contributed by atoms with Crippen molar-refractivity contribution in [1.29, 1.82) is 0 Å². The number of benzene rings is 1. The largest absolute Gasteiger partial charge is 0.311 e. The van der Waals surface area contributed by atoms with E-state index in [0.29, 0.717) is 17.6 Å².